The van der Waals surface area contributed by atoms with Crippen LogP contribution >= 0.6 is 0 Å². The zero-order valence-corrected chi connectivity index (χ0v) is 18.4. The maximum atomic E-state index is 13.4. The van der Waals surface area contributed by atoms with Gasteiger partial charge in [-0.3, -0.25) is 14.5 Å². The van der Waals surface area contributed by atoms with Crippen molar-refractivity contribution in [3.8, 4) is 17.2 Å². The predicted molar refractivity (Wildman–Crippen MR) is 118 cm³/mol. The molecule has 0 saturated carbocycles. The Labute approximate surface area is 182 Å². The van der Waals surface area contributed by atoms with Gasteiger partial charge >= 0.3 is 0 Å². The molecule has 0 saturated heterocycles. The molecule has 6 heteroatoms. The molecule has 162 valence electrons. The highest BCUT2D eigenvalue weighted by Gasteiger charge is 2.41. The van der Waals surface area contributed by atoms with Gasteiger partial charge < -0.3 is 14.2 Å². The van der Waals surface area contributed by atoms with Crippen molar-refractivity contribution in [1.82, 2.24) is 0 Å². The monoisotopic (exact) mass is 421 g/mol. The van der Waals surface area contributed by atoms with E-state index in [9.17, 15) is 9.59 Å². The fourth-order valence-electron chi connectivity index (χ4n) is 4.72. The van der Waals surface area contributed by atoms with Gasteiger partial charge in [0.05, 0.1) is 21.3 Å². The minimum Gasteiger partial charge on any atom is -0.493 e. The van der Waals surface area contributed by atoms with Crippen molar-refractivity contribution in [1.29, 1.82) is 0 Å². The maximum absolute atomic E-state index is 13.4. The highest BCUT2D eigenvalue weighted by atomic mass is 16.5. The van der Waals surface area contributed by atoms with Crippen LogP contribution in [-0.2, 0) is 9.59 Å². The Hall–Kier alpha value is -3.28. The normalized spacial score (nSPS) is 18.7. The van der Waals surface area contributed by atoms with E-state index >= 15 is 0 Å². The third kappa shape index (κ3) is 3.56. The molecule has 0 spiro atoms. The average Bonchev–Trinajstić information content (AvgIpc) is 2.77. The number of Topliss-reactive ketones (excluding diaryl/α,β-unsaturated/α-hetero) is 1. The van der Waals surface area contributed by atoms with Gasteiger partial charge in [-0.2, -0.15) is 0 Å². The SMILES string of the molecule is COc1ccc([C@H]2CC(=O)N(c3cccc(C)c3)C3=C2C(=O)CCC3)c(OC)c1OC. The molecule has 1 aliphatic carbocycles. The lowest BCUT2D eigenvalue weighted by molar-refractivity contribution is -0.119. The summed E-state index contributed by atoms with van der Waals surface area (Å²) in [4.78, 5) is 28.3. The van der Waals surface area contributed by atoms with Crippen molar-refractivity contribution in [3.05, 3.63) is 58.8 Å². The van der Waals surface area contributed by atoms with E-state index in [0.29, 0.717) is 35.7 Å². The second-order valence-corrected chi connectivity index (χ2v) is 7.89. The van der Waals surface area contributed by atoms with Crippen molar-refractivity contribution in [2.24, 2.45) is 0 Å². The van der Waals surface area contributed by atoms with Crippen LogP contribution in [0.1, 0.15) is 42.7 Å². The van der Waals surface area contributed by atoms with E-state index in [1.54, 1.807) is 32.3 Å². The third-order valence-electron chi connectivity index (χ3n) is 6.05. The van der Waals surface area contributed by atoms with Gasteiger partial charge in [0.2, 0.25) is 11.7 Å². The first-order valence-electron chi connectivity index (χ1n) is 10.4. The van der Waals surface area contributed by atoms with Crippen molar-refractivity contribution in [2.45, 2.75) is 38.5 Å². The minimum atomic E-state index is -0.383. The molecule has 0 radical (unpaired) electrons. The molecule has 1 heterocycles. The number of rotatable bonds is 5. The van der Waals surface area contributed by atoms with Crippen LogP contribution < -0.4 is 19.1 Å². The summed E-state index contributed by atoms with van der Waals surface area (Å²) in [7, 11) is 4.67. The summed E-state index contributed by atoms with van der Waals surface area (Å²) in [6, 6.07) is 11.5. The van der Waals surface area contributed by atoms with E-state index < -0.39 is 0 Å². The highest BCUT2D eigenvalue weighted by molar-refractivity contribution is 6.07. The van der Waals surface area contributed by atoms with Gasteiger partial charge in [0.1, 0.15) is 0 Å². The Kier molecular flexibility index (Phi) is 5.72. The number of nitrogens with zero attached hydrogens (tertiary/aromatic N) is 1. The Morgan fingerprint density at radius 1 is 0.935 bits per heavy atom. The topological polar surface area (TPSA) is 65.1 Å². The van der Waals surface area contributed by atoms with Crippen LogP contribution in [0.5, 0.6) is 17.2 Å². The Morgan fingerprint density at radius 3 is 2.39 bits per heavy atom. The molecule has 6 nitrogen and oxygen atoms in total. The molecular formula is C25H27NO5. The van der Waals surface area contributed by atoms with Crippen LogP contribution in [0.3, 0.4) is 0 Å². The second kappa shape index (κ2) is 8.46. The lowest BCUT2D eigenvalue weighted by Crippen LogP contribution is -2.40. The van der Waals surface area contributed by atoms with Crippen molar-refractivity contribution in [2.75, 3.05) is 26.2 Å². The number of hydrogen-bond donors (Lipinski definition) is 0. The first-order valence-corrected chi connectivity index (χ1v) is 10.4. The van der Waals surface area contributed by atoms with Crippen molar-refractivity contribution < 1.29 is 23.8 Å². The molecule has 4 rings (SSSR count). The predicted octanol–water partition coefficient (Wildman–Crippen LogP) is 4.55. The first kappa shape index (κ1) is 21.0. The van der Waals surface area contributed by atoms with Gasteiger partial charge in [-0.05, 0) is 43.5 Å². The van der Waals surface area contributed by atoms with E-state index in [0.717, 1.165) is 28.9 Å². The number of hydrogen-bond acceptors (Lipinski definition) is 5. The number of carbonyl (C=O) groups excluding carboxylic acids is 2. The van der Waals surface area contributed by atoms with E-state index in [2.05, 4.69) is 0 Å². The molecule has 1 amide bonds. The smallest absolute Gasteiger partial charge is 0.232 e. The lowest BCUT2D eigenvalue weighted by atomic mass is 9.76. The van der Waals surface area contributed by atoms with E-state index in [1.165, 1.54) is 0 Å². The molecule has 0 aromatic heterocycles. The molecule has 1 atom stereocenters. The second-order valence-electron chi connectivity index (χ2n) is 7.89. The third-order valence-corrected chi connectivity index (χ3v) is 6.05. The fraction of sp³-hybridized carbons (Fsp3) is 0.360. The zero-order valence-electron chi connectivity index (χ0n) is 18.4. The molecule has 2 aromatic carbocycles. The van der Waals surface area contributed by atoms with Gasteiger partial charge in [0.25, 0.3) is 0 Å². The maximum Gasteiger partial charge on any atom is 0.232 e. The van der Waals surface area contributed by atoms with Crippen LogP contribution in [0.2, 0.25) is 0 Å². The average molecular weight is 421 g/mol. The number of allylic oxidation sites excluding steroid dienone is 2. The van der Waals surface area contributed by atoms with Crippen molar-refractivity contribution >= 4 is 17.4 Å². The van der Waals surface area contributed by atoms with E-state index in [1.807, 2.05) is 37.3 Å². The van der Waals surface area contributed by atoms with Crippen LogP contribution in [-0.4, -0.2) is 33.0 Å². The summed E-state index contributed by atoms with van der Waals surface area (Å²) < 4.78 is 16.6. The Morgan fingerprint density at radius 2 is 1.71 bits per heavy atom. The summed E-state index contributed by atoms with van der Waals surface area (Å²) in [6.45, 7) is 2.00. The summed E-state index contributed by atoms with van der Waals surface area (Å²) in [5.74, 6) is 1.17. The zero-order chi connectivity index (χ0) is 22.1. The quantitative estimate of drug-likeness (QED) is 0.709. The van der Waals surface area contributed by atoms with Crippen LogP contribution in [0.25, 0.3) is 0 Å². The van der Waals surface area contributed by atoms with Gasteiger partial charge in [-0.25, -0.2) is 0 Å². The van der Waals surface area contributed by atoms with Crippen molar-refractivity contribution in [3.63, 3.8) is 0 Å². The van der Waals surface area contributed by atoms with Crippen LogP contribution in [0, 0.1) is 6.92 Å². The highest BCUT2D eigenvalue weighted by Crippen LogP contribution is 2.49. The number of anilines is 1. The molecule has 0 bridgehead atoms. The van der Waals surface area contributed by atoms with Gasteiger partial charge in [0.15, 0.2) is 17.3 Å². The molecule has 31 heavy (non-hydrogen) atoms. The van der Waals surface area contributed by atoms with Gasteiger partial charge in [-0.15, -0.1) is 0 Å². The summed E-state index contributed by atoms with van der Waals surface area (Å²) >= 11 is 0. The standard InChI is InChI=1S/C25H27NO5/c1-15-7-5-8-16(13-15)26-19-9-6-10-20(27)23(19)18(14-22(26)28)17-11-12-21(29-2)25(31-4)24(17)30-3/h5,7-8,11-13,18H,6,9-10,14H2,1-4H3/t18-/m1/s1. The summed E-state index contributed by atoms with van der Waals surface area (Å²) in [5, 5.41) is 0. The Bertz CT molecular complexity index is 1070. The van der Waals surface area contributed by atoms with E-state index in [-0.39, 0.29) is 24.0 Å². The number of aryl methyl sites for hydroxylation is 1. The number of amides is 1. The van der Waals surface area contributed by atoms with Gasteiger partial charge in [0, 0.05) is 41.3 Å². The molecule has 0 fully saturated rings. The lowest BCUT2D eigenvalue weighted by Gasteiger charge is -2.38. The van der Waals surface area contributed by atoms with Crippen LogP contribution in [0.4, 0.5) is 5.69 Å². The molecule has 1 aliphatic heterocycles. The number of ketones is 1. The minimum absolute atomic E-state index is 0.0270. The first-order chi connectivity index (χ1) is 15.0. The molecule has 2 aromatic rings. The van der Waals surface area contributed by atoms with Crippen LogP contribution in [0.15, 0.2) is 47.7 Å². The van der Waals surface area contributed by atoms with Gasteiger partial charge in [-0.1, -0.05) is 18.2 Å². The molecule has 0 unspecified atom stereocenters. The Balaban J connectivity index is 1.91. The molecular weight excluding hydrogens is 394 g/mol. The summed E-state index contributed by atoms with van der Waals surface area (Å²) in [5.41, 5.74) is 4.15. The number of methoxy groups -OCH3 is 3. The molecule has 0 N–H and O–H groups in total. The number of ether oxygens (including phenoxy) is 3. The number of carbonyl (C=O) groups is 2. The largest absolute Gasteiger partial charge is 0.493 e. The summed E-state index contributed by atoms with van der Waals surface area (Å²) in [6.07, 6.45) is 2.10. The van der Waals surface area contributed by atoms with E-state index in [4.69, 9.17) is 14.2 Å². The fourth-order valence-corrected chi connectivity index (χ4v) is 4.72. The number of benzene rings is 2. The molecule has 2 aliphatic rings.